The first-order valence-electron chi connectivity index (χ1n) is 6.97. The molecule has 0 saturated carbocycles. The SMILES string of the molecule is O=C(Cc1cc(F)ccc1Br)c1ccc2c(c1)CCCN2. The number of ketones is 1. The smallest absolute Gasteiger partial charge is 0.167 e. The maximum absolute atomic E-state index is 13.3. The molecule has 3 rings (SSSR count). The Morgan fingerprint density at radius 2 is 2.10 bits per heavy atom. The molecule has 0 aliphatic carbocycles. The van der Waals surface area contributed by atoms with Crippen molar-refractivity contribution < 1.29 is 9.18 Å². The number of carbonyl (C=O) groups excluding carboxylic acids is 1. The molecule has 2 aromatic carbocycles. The Bertz CT molecular complexity index is 699. The van der Waals surface area contributed by atoms with Crippen LogP contribution in [0.3, 0.4) is 0 Å². The van der Waals surface area contributed by atoms with Crippen molar-refractivity contribution in [2.45, 2.75) is 19.3 Å². The normalized spacial score (nSPS) is 13.4. The second-order valence-corrected chi connectivity index (χ2v) is 6.09. The molecule has 0 fully saturated rings. The minimum atomic E-state index is -0.323. The molecule has 0 atom stereocenters. The second-order valence-electron chi connectivity index (χ2n) is 5.24. The van der Waals surface area contributed by atoms with E-state index in [1.165, 1.54) is 17.7 Å². The summed E-state index contributed by atoms with van der Waals surface area (Å²) in [6.45, 7) is 0.983. The van der Waals surface area contributed by atoms with Crippen LogP contribution < -0.4 is 5.32 Å². The third-order valence-corrected chi connectivity index (χ3v) is 4.50. The Hall–Kier alpha value is -1.68. The molecule has 2 aromatic rings. The van der Waals surface area contributed by atoms with E-state index in [1.54, 1.807) is 6.07 Å². The molecule has 1 heterocycles. The van der Waals surface area contributed by atoms with Crippen LogP contribution in [0.5, 0.6) is 0 Å². The summed E-state index contributed by atoms with van der Waals surface area (Å²) >= 11 is 3.36. The molecule has 1 N–H and O–H groups in total. The van der Waals surface area contributed by atoms with E-state index in [-0.39, 0.29) is 18.0 Å². The van der Waals surface area contributed by atoms with Gasteiger partial charge < -0.3 is 5.32 Å². The fraction of sp³-hybridized carbons (Fsp3) is 0.235. The molecular formula is C17H15BrFNO. The van der Waals surface area contributed by atoms with Gasteiger partial charge in [-0.2, -0.15) is 0 Å². The number of carbonyl (C=O) groups is 1. The molecule has 0 radical (unpaired) electrons. The molecule has 21 heavy (non-hydrogen) atoms. The molecule has 1 aliphatic rings. The summed E-state index contributed by atoms with van der Waals surface area (Å²) in [5.74, 6) is -0.315. The lowest BCUT2D eigenvalue weighted by molar-refractivity contribution is 0.0992. The first-order valence-corrected chi connectivity index (χ1v) is 7.77. The van der Waals surface area contributed by atoms with Crippen LogP contribution in [0, 0.1) is 5.82 Å². The Balaban J connectivity index is 1.83. The molecule has 108 valence electrons. The quantitative estimate of drug-likeness (QED) is 0.835. The van der Waals surface area contributed by atoms with E-state index >= 15 is 0 Å². The number of benzene rings is 2. The number of hydrogen-bond donors (Lipinski definition) is 1. The number of anilines is 1. The molecule has 0 amide bonds. The van der Waals surface area contributed by atoms with Crippen molar-refractivity contribution in [2.24, 2.45) is 0 Å². The second kappa shape index (κ2) is 5.98. The number of nitrogens with one attached hydrogen (secondary N) is 1. The summed E-state index contributed by atoms with van der Waals surface area (Å²) < 4.78 is 14.0. The Kier molecular flexibility index (Phi) is 4.06. The lowest BCUT2D eigenvalue weighted by atomic mass is 9.97. The van der Waals surface area contributed by atoms with Crippen LogP contribution in [0.4, 0.5) is 10.1 Å². The van der Waals surface area contributed by atoms with E-state index in [0.29, 0.717) is 11.1 Å². The van der Waals surface area contributed by atoms with Crippen molar-refractivity contribution in [1.29, 1.82) is 0 Å². The number of Topliss-reactive ketones (excluding diaryl/α,β-unsaturated/α-hetero) is 1. The van der Waals surface area contributed by atoms with Crippen molar-refractivity contribution >= 4 is 27.4 Å². The summed E-state index contributed by atoms with van der Waals surface area (Å²) in [4.78, 5) is 12.4. The molecule has 2 nitrogen and oxygen atoms in total. The Labute approximate surface area is 131 Å². The van der Waals surface area contributed by atoms with Crippen molar-refractivity contribution in [1.82, 2.24) is 0 Å². The van der Waals surface area contributed by atoms with Gasteiger partial charge in [0.05, 0.1) is 0 Å². The monoisotopic (exact) mass is 347 g/mol. The largest absolute Gasteiger partial charge is 0.385 e. The van der Waals surface area contributed by atoms with Gasteiger partial charge in [-0.05, 0) is 60.4 Å². The molecule has 0 saturated heterocycles. The molecule has 4 heteroatoms. The van der Waals surface area contributed by atoms with Crippen LogP contribution in [-0.2, 0) is 12.8 Å². The van der Waals surface area contributed by atoms with Gasteiger partial charge in [-0.3, -0.25) is 4.79 Å². The number of fused-ring (bicyclic) bond motifs is 1. The highest BCUT2D eigenvalue weighted by Gasteiger charge is 2.14. The van der Waals surface area contributed by atoms with Gasteiger partial charge in [0.2, 0.25) is 0 Å². The highest BCUT2D eigenvalue weighted by atomic mass is 79.9. The highest BCUT2D eigenvalue weighted by Crippen LogP contribution is 2.25. The van der Waals surface area contributed by atoms with E-state index in [4.69, 9.17) is 0 Å². The van der Waals surface area contributed by atoms with Gasteiger partial charge in [0.1, 0.15) is 5.82 Å². The predicted octanol–water partition coefficient (Wildman–Crippen LogP) is 4.37. The predicted molar refractivity (Wildman–Crippen MR) is 85.4 cm³/mol. The maximum Gasteiger partial charge on any atom is 0.167 e. The van der Waals surface area contributed by atoms with Crippen LogP contribution in [0.2, 0.25) is 0 Å². The Morgan fingerprint density at radius 3 is 2.95 bits per heavy atom. The molecule has 0 unspecified atom stereocenters. The third-order valence-electron chi connectivity index (χ3n) is 3.72. The van der Waals surface area contributed by atoms with Gasteiger partial charge in [0.25, 0.3) is 0 Å². The van der Waals surface area contributed by atoms with Crippen LogP contribution in [0.15, 0.2) is 40.9 Å². The zero-order valence-electron chi connectivity index (χ0n) is 11.5. The van der Waals surface area contributed by atoms with Gasteiger partial charge >= 0.3 is 0 Å². The lowest BCUT2D eigenvalue weighted by Gasteiger charge is -2.18. The zero-order valence-corrected chi connectivity index (χ0v) is 13.0. The van der Waals surface area contributed by atoms with Crippen LogP contribution >= 0.6 is 15.9 Å². The number of hydrogen-bond acceptors (Lipinski definition) is 2. The summed E-state index contributed by atoms with van der Waals surface area (Å²) in [6.07, 6.45) is 2.28. The average Bonchev–Trinajstić information content (AvgIpc) is 2.50. The third kappa shape index (κ3) is 3.16. The molecule has 0 spiro atoms. The summed E-state index contributed by atoms with van der Waals surface area (Å²) in [5, 5.41) is 3.33. The fourth-order valence-electron chi connectivity index (χ4n) is 2.60. The minimum Gasteiger partial charge on any atom is -0.385 e. The lowest BCUT2D eigenvalue weighted by Crippen LogP contribution is -2.13. The topological polar surface area (TPSA) is 29.1 Å². The molecule has 0 bridgehead atoms. The summed E-state index contributed by atoms with van der Waals surface area (Å²) in [5.41, 5.74) is 3.67. The average molecular weight is 348 g/mol. The van der Waals surface area contributed by atoms with E-state index < -0.39 is 0 Å². The maximum atomic E-state index is 13.3. The van der Waals surface area contributed by atoms with Crippen molar-refractivity contribution in [3.63, 3.8) is 0 Å². The number of halogens is 2. The van der Waals surface area contributed by atoms with Gasteiger partial charge in [-0.15, -0.1) is 0 Å². The van der Waals surface area contributed by atoms with Gasteiger partial charge in [-0.1, -0.05) is 15.9 Å². The summed E-state index contributed by atoms with van der Waals surface area (Å²) in [7, 11) is 0. The van der Waals surface area contributed by atoms with Gasteiger partial charge in [0.15, 0.2) is 5.78 Å². The van der Waals surface area contributed by atoms with Crippen LogP contribution in [-0.4, -0.2) is 12.3 Å². The van der Waals surface area contributed by atoms with Crippen LogP contribution in [0.1, 0.15) is 27.9 Å². The van der Waals surface area contributed by atoms with Crippen LogP contribution in [0.25, 0.3) is 0 Å². The van der Waals surface area contributed by atoms with Crippen molar-refractivity contribution in [3.8, 4) is 0 Å². The van der Waals surface area contributed by atoms with E-state index in [9.17, 15) is 9.18 Å². The van der Waals surface area contributed by atoms with E-state index in [0.717, 1.165) is 29.5 Å². The van der Waals surface area contributed by atoms with E-state index in [1.807, 2.05) is 18.2 Å². The highest BCUT2D eigenvalue weighted by molar-refractivity contribution is 9.10. The first-order chi connectivity index (χ1) is 10.1. The standard InChI is InChI=1S/C17H15BrFNO/c18-15-5-4-14(19)9-13(15)10-17(21)12-3-6-16-11(8-12)2-1-7-20-16/h3-6,8-9,20H,1-2,7,10H2. The fourth-order valence-corrected chi connectivity index (χ4v) is 2.99. The van der Waals surface area contributed by atoms with Crippen molar-refractivity contribution in [3.05, 3.63) is 63.4 Å². The molecule has 1 aliphatic heterocycles. The van der Waals surface area contributed by atoms with E-state index in [2.05, 4.69) is 21.2 Å². The number of aryl methyl sites for hydroxylation is 1. The molecule has 0 aromatic heterocycles. The van der Waals surface area contributed by atoms with Gasteiger partial charge in [0, 0.05) is 28.7 Å². The first kappa shape index (κ1) is 14.3. The zero-order chi connectivity index (χ0) is 14.8. The van der Waals surface area contributed by atoms with Gasteiger partial charge in [-0.25, -0.2) is 4.39 Å². The summed E-state index contributed by atoms with van der Waals surface area (Å²) in [6, 6.07) is 10.2. The Morgan fingerprint density at radius 1 is 1.24 bits per heavy atom. The molecular weight excluding hydrogens is 333 g/mol. The van der Waals surface area contributed by atoms with Crippen molar-refractivity contribution in [2.75, 3.05) is 11.9 Å². The minimum absolute atomic E-state index is 0.00896. The number of rotatable bonds is 3.